The lowest BCUT2D eigenvalue weighted by molar-refractivity contribution is -0.142. The van der Waals surface area contributed by atoms with E-state index in [9.17, 15) is 28.3 Å². The van der Waals surface area contributed by atoms with Gasteiger partial charge in [-0.25, -0.2) is 4.98 Å². The molecule has 3 aromatic rings. The molecule has 0 aliphatic rings. The number of aromatic hydroxyl groups is 1. The van der Waals surface area contributed by atoms with Crippen molar-refractivity contribution in [1.29, 1.82) is 5.26 Å². The van der Waals surface area contributed by atoms with E-state index in [0.717, 1.165) is 17.1 Å². The number of benzene rings is 1. The van der Waals surface area contributed by atoms with Crippen LogP contribution in [0, 0.1) is 18.3 Å². The van der Waals surface area contributed by atoms with Crippen molar-refractivity contribution in [3.63, 3.8) is 0 Å². The predicted molar refractivity (Wildman–Crippen MR) is 107 cm³/mol. The van der Waals surface area contributed by atoms with Gasteiger partial charge in [-0.2, -0.15) is 18.4 Å². The van der Waals surface area contributed by atoms with Gasteiger partial charge in [0.05, 0.1) is 41.4 Å². The Bertz CT molecular complexity index is 1270. The zero-order chi connectivity index (χ0) is 22.9. The molecule has 7 nitrogen and oxygen atoms in total. The fourth-order valence-electron chi connectivity index (χ4n) is 2.59. The number of aromatic nitrogens is 3. The number of hydrogen-bond acceptors (Lipinski definition) is 6. The molecule has 0 aliphatic heterocycles. The van der Waals surface area contributed by atoms with E-state index in [1.165, 1.54) is 25.1 Å². The zero-order valence-electron chi connectivity index (χ0n) is 15.5. The Morgan fingerprint density at radius 1 is 1.32 bits per heavy atom. The monoisotopic (exact) mass is 514 g/mol. The first-order valence-electron chi connectivity index (χ1n) is 8.39. The van der Waals surface area contributed by atoms with Gasteiger partial charge in [0.25, 0.3) is 5.56 Å². The molecule has 0 fully saturated rings. The van der Waals surface area contributed by atoms with Gasteiger partial charge in [0.15, 0.2) is 11.4 Å². The summed E-state index contributed by atoms with van der Waals surface area (Å²) in [6.45, 7) is 1.20. The summed E-state index contributed by atoms with van der Waals surface area (Å²) in [7, 11) is 0. The fraction of sp³-hybridized carbons (Fsp3) is 0.158. The molecule has 12 heteroatoms. The van der Waals surface area contributed by atoms with E-state index in [0.29, 0.717) is 4.47 Å². The van der Waals surface area contributed by atoms with E-state index in [4.69, 9.17) is 16.3 Å². The van der Waals surface area contributed by atoms with Gasteiger partial charge >= 0.3 is 6.18 Å². The highest BCUT2D eigenvalue weighted by Gasteiger charge is 2.39. The van der Waals surface area contributed by atoms with Crippen molar-refractivity contribution in [2.75, 3.05) is 0 Å². The molecule has 0 aliphatic carbocycles. The summed E-state index contributed by atoms with van der Waals surface area (Å²) in [5.74, 6) is -1.45. The Hall–Kier alpha value is -3.10. The molecule has 1 aromatic carbocycles. The lowest BCUT2D eigenvalue weighted by Gasteiger charge is -2.16. The highest BCUT2D eigenvalue weighted by molar-refractivity contribution is 9.10. The number of hydrogen-bond donors (Lipinski definition) is 1. The third-order valence-corrected chi connectivity index (χ3v) is 4.91. The Balaban J connectivity index is 2.13. The van der Waals surface area contributed by atoms with Crippen LogP contribution in [0.15, 0.2) is 40.0 Å². The smallest absolute Gasteiger partial charge is 0.437 e. The van der Waals surface area contributed by atoms with Crippen LogP contribution < -0.4 is 10.3 Å². The van der Waals surface area contributed by atoms with Crippen LogP contribution in [0.3, 0.4) is 0 Å². The summed E-state index contributed by atoms with van der Waals surface area (Å²) >= 11 is 8.96. The van der Waals surface area contributed by atoms with E-state index in [1.807, 2.05) is 6.07 Å². The molecule has 2 heterocycles. The maximum absolute atomic E-state index is 13.5. The first-order valence-corrected chi connectivity index (χ1v) is 9.56. The largest absolute Gasteiger partial charge is 0.505 e. The molecular weight excluding hydrogens is 505 g/mol. The molecule has 1 N–H and O–H groups in total. The minimum atomic E-state index is -4.97. The van der Waals surface area contributed by atoms with Crippen molar-refractivity contribution < 1.29 is 23.0 Å². The van der Waals surface area contributed by atoms with Gasteiger partial charge in [-0.3, -0.25) is 14.3 Å². The molecule has 0 spiro atoms. The number of halogens is 5. The third kappa shape index (κ3) is 4.81. The minimum Gasteiger partial charge on any atom is -0.505 e. The SMILES string of the molecule is Cc1c(C#N)cc(Br)cc1Oc1c(C(F)(F)F)ncn(Cc2cc(Cl)c(O)cn2)c1=O. The normalized spacial score (nSPS) is 11.3. The van der Waals surface area contributed by atoms with Crippen molar-refractivity contribution in [2.24, 2.45) is 0 Å². The van der Waals surface area contributed by atoms with Crippen molar-refractivity contribution in [3.8, 4) is 23.3 Å². The van der Waals surface area contributed by atoms with Crippen LogP contribution in [0.25, 0.3) is 0 Å². The van der Waals surface area contributed by atoms with Crippen LogP contribution in [0.2, 0.25) is 5.02 Å². The van der Waals surface area contributed by atoms with Crippen LogP contribution >= 0.6 is 27.5 Å². The number of nitriles is 1. The molecule has 3 rings (SSSR count). The summed E-state index contributed by atoms with van der Waals surface area (Å²) in [6.07, 6.45) is -3.20. The van der Waals surface area contributed by atoms with E-state index in [2.05, 4.69) is 25.9 Å². The average Bonchev–Trinajstić information content (AvgIpc) is 2.69. The Labute approximate surface area is 186 Å². The summed E-state index contributed by atoms with van der Waals surface area (Å²) in [4.78, 5) is 20.1. The third-order valence-electron chi connectivity index (χ3n) is 4.15. The van der Waals surface area contributed by atoms with E-state index >= 15 is 0 Å². The number of nitrogens with zero attached hydrogens (tertiary/aromatic N) is 4. The first kappa shape index (κ1) is 22.6. The number of alkyl halides is 3. The van der Waals surface area contributed by atoms with Gasteiger partial charge in [0, 0.05) is 10.0 Å². The molecule has 160 valence electrons. The van der Waals surface area contributed by atoms with Crippen molar-refractivity contribution in [3.05, 3.63) is 73.1 Å². The first-order chi connectivity index (χ1) is 14.5. The average molecular weight is 516 g/mol. The number of pyridine rings is 1. The van der Waals surface area contributed by atoms with Crippen LogP contribution in [0.4, 0.5) is 13.2 Å². The molecule has 0 saturated heterocycles. The highest BCUT2D eigenvalue weighted by Crippen LogP contribution is 2.36. The lowest BCUT2D eigenvalue weighted by Crippen LogP contribution is -2.27. The minimum absolute atomic E-state index is 0.0387. The molecule has 0 unspecified atom stereocenters. The van der Waals surface area contributed by atoms with Gasteiger partial charge in [-0.05, 0) is 25.1 Å². The number of rotatable bonds is 4. The van der Waals surface area contributed by atoms with Gasteiger partial charge in [0.1, 0.15) is 5.75 Å². The molecule has 0 bridgehead atoms. The van der Waals surface area contributed by atoms with Gasteiger partial charge in [-0.15, -0.1) is 0 Å². The van der Waals surface area contributed by atoms with Gasteiger partial charge < -0.3 is 9.84 Å². The van der Waals surface area contributed by atoms with Crippen LogP contribution in [-0.2, 0) is 12.7 Å². The Morgan fingerprint density at radius 2 is 2.03 bits per heavy atom. The molecule has 0 atom stereocenters. The molecule has 0 amide bonds. The van der Waals surface area contributed by atoms with E-state index < -0.39 is 23.2 Å². The number of ether oxygens (including phenoxy) is 1. The van der Waals surface area contributed by atoms with Crippen LogP contribution in [-0.4, -0.2) is 19.6 Å². The topological polar surface area (TPSA) is 101 Å². The summed E-state index contributed by atoms with van der Waals surface area (Å²) in [5, 5.41) is 18.6. The quantitative estimate of drug-likeness (QED) is 0.536. The molecular formula is C19H11BrClF3N4O3. The van der Waals surface area contributed by atoms with Gasteiger partial charge in [-0.1, -0.05) is 27.5 Å². The fourth-order valence-corrected chi connectivity index (χ4v) is 3.20. The molecule has 0 saturated carbocycles. The van der Waals surface area contributed by atoms with Gasteiger partial charge in [0.2, 0.25) is 5.75 Å². The zero-order valence-corrected chi connectivity index (χ0v) is 17.9. The summed E-state index contributed by atoms with van der Waals surface area (Å²) in [5.41, 5.74) is -2.02. The summed E-state index contributed by atoms with van der Waals surface area (Å²) < 4.78 is 47.1. The second-order valence-corrected chi connectivity index (χ2v) is 7.59. The lowest BCUT2D eigenvalue weighted by atomic mass is 10.1. The van der Waals surface area contributed by atoms with E-state index in [-0.39, 0.29) is 39.9 Å². The van der Waals surface area contributed by atoms with Crippen molar-refractivity contribution in [2.45, 2.75) is 19.6 Å². The molecule has 2 aromatic heterocycles. The Kier molecular flexibility index (Phi) is 6.24. The highest BCUT2D eigenvalue weighted by atomic mass is 79.9. The second-order valence-electron chi connectivity index (χ2n) is 6.27. The Morgan fingerprint density at radius 3 is 2.65 bits per heavy atom. The molecule has 0 radical (unpaired) electrons. The maximum atomic E-state index is 13.5. The van der Waals surface area contributed by atoms with Crippen LogP contribution in [0.5, 0.6) is 17.2 Å². The molecule has 31 heavy (non-hydrogen) atoms. The van der Waals surface area contributed by atoms with Crippen molar-refractivity contribution in [1.82, 2.24) is 14.5 Å². The van der Waals surface area contributed by atoms with Crippen LogP contribution in [0.1, 0.15) is 22.5 Å². The van der Waals surface area contributed by atoms with Crippen molar-refractivity contribution >= 4 is 27.5 Å². The van der Waals surface area contributed by atoms with E-state index in [1.54, 1.807) is 0 Å². The second kappa shape index (κ2) is 8.56. The summed E-state index contributed by atoms with van der Waals surface area (Å²) in [6, 6.07) is 5.97. The predicted octanol–water partition coefficient (Wildman–Crippen LogP) is 4.80. The standard InChI is InChI=1S/C19H11BrClF3N4O3/c1-9-10(5-25)2-11(20)3-15(9)31-16-17(19(22,23)24)27-8-28(18(16)30)7-12-4-13(21)14(29)6-26-12/h2-4,6,8,29H,7H2,1H3. The maximum Gasteiger partial charge on any atom is 0.437 e.